The number of imidazole rings is 1. The number of fused-ring (bicyclic) bond motifs is 1. The van der Waals surface area contributed by atoms with Crippen LogP contribution < -0.4 is 0 Å². The second kappa shape index (κ2) is 3.56. The van der Waals surface area contributed by atoms with Crippen molar-refractivity contribution in [2.45, 2.75) is 32.3 Å². The second-order valence-electron chi connectivity index (χ2n) is 4.42. The predicted molar refractivity (Wildman–Crippen MR) is 61.4 cm³/mol. The lowest BCUT2D eigenvalue weighted by Crippen LogP contribution is -2.10. The van der Waals surface area contributed by atoms with Gasteiger partial charge in [0.05, 0.1) is 11.6 Å². The number of aryl methyl sites for hydroxylation is 1. The van der Waals surface area contributed by atoms with Crippen molar-refractivity contribution in [3.63, 3.8) is 0 Å². The third kappa shape index (κ3) is 1.50. The van der Waals surface area contributed by atoms with E-state index in [-0.39, 0.29) is 6.10 Å². The lowest BCUT2D eigenvalue weighted by atomic mass is 10.0. The van der Waals surface area contributed by atoms with Crippen LogP contribution in [0.3, 0.4) is 0 Å². The Morgan fingerprint density at radius 2 is 2.25 bits per heavy atom. The van der Waals surface area contributed by atoms with E-state index in [9.17, 15) is 0 Å². The number of nitrogens with zero attached hydrogens (tertiary/aromatic N) is 2. The van der Waals surface area contributed by atoms with Crippen molar-refractivity contribution in [2.24, 2.45) is 0 Å². The number of ether oxygens (including phenoxy) is 1. The summed E-state index contributed by atoms with van der Waals surface area (Å²) in [5.41, 5.74) is 2.83. The molecule has 1 N–H and O–H groups in total. The third-order valence-electron chi connectivity index (χ3n) is 3.23. The molecule has 3 rings (SSSR count). The van der Waals surface area contributed by atoms with Crippen LogP contribution in [-0.2, 0) is 4.74 Å². The minimum absolute atomic E-state index is 0.252. The summed E-state index contributed by atoms with van der Waals surface area (Å²) in [5, 5.41) is 0. The molecule has 1 aliphatic heterocycles. The smallest absolute Gasteiger partial charge is 0.177 e. The lowest BCUT2D eigenvalue weighted by Gasteiger charge is -2.09. The number of aromatic nitrogens is 3. The van der Waals surface area contributed by atoms with Gasteiger partial charge >= 0.3 is 0 Å². The van der Waals surface area contributed by atoms with Crippen LogP contribution in [0.25, 0.3) is 11.2 Å². The summed E-state index contributed by atoms with van der Waals surface area (Å²) in [4.78, 5) is 12.3. The number of hydrogen-bond acceptors (Lipinski definition) is 3. The zero-order valence-electron chi connectivity index (χ0n) is 9.53. The van der Waals surface area contributed by atoms with Crippen LogP contribution in [0, 0.1) is 6.92 Å². The van der Waals surface area contributed by atoms with Crippen LogP contribution in [0.4, 0.5) is 0 Å². The van der Waals surface area contributed by atoms with Crippen molar-refractivity contribution in [1.29, 1.82) is 0 Å². The highest BCUT2D eigenvalue weighted by molar-refractivity contribution is 5.70. The minimum Gasteiger partial charge on any atom is -0.378 e. The first-order chi connectivity index (χ1) is 7.74. The van der Waals surface area contributed by atoms with Crippen molar-refractivity contribution in [3.8, 4) is 0 Å². The molecular formula is C12H15N3O. The summed E-state index contributed by atoms with van der Waals surface area (Å²) in [7, 11) is 0. The van der Waals surface area contributed by atoms with Crippen molar-refractivity contribution < 1.29 is 4.74 Å². The molecule has 1 fully saturated rings. The molecule has 2 aromatic rings. The van der Waals surface area contributed by atoms with Crippen LogP contribution in [-0.4, -0.2) is 27.7 Å². The molecule has 3 heterocycles. The highest BCUT2D eigenvalue weighted by Gasteiger charge is 2.28. The molecule has 0 radical (unpaired) electrons. The number of rotatable bonds is 1. The fraction of sp³-hybridized carbons (Fsp3) is 0.500. The first-order valence-corrected chi connectivity index (χ1v) is 5.69. The number of pyridine rings is 1. The van der Waals surface area contributed by atoms with E-state index >= 15 is 0 Å². The molecular weight excluding hydrogens is 202 g/mol. The maximum absolute atomic E-state index is 5.56. The molecule has 16 heavy (non-hydrogen) atoms. The molecule has 0 saturated carbocycles. The van der Waals surface area contributed by atoms with Crippen LogP contribution in [0.15, 0.2) is 12.1 Å². The first kappa shape index (κ1) is 9.78. The van der Waals surface area contributed by atoms with E-state index in [1.165, 1.54) is 0 Å². The fourth-order valence-electron chi connectivity index (χ4n) is 2.27. The normalized spacial score (nSPS) is 25.4. The summed E-state index contributed by atoms with van der Waals surface area (Å²) >= 11 is 0. The lowest BCUT2D eigenvalue weighted by molar-refractivity contribution is 0.117. The second-order valence-corrected chi connectivity index (χ2v) is 4.42. The number of aromatic amines is 1. The van der Waals surface area contributed by atoms with Gasteiger partial charge < -0.3 is 9.72 Å². The van der Waals surface area contributed by atoms with Gasteiger partial charge in [-0.15, -0.1) is 0 Å². The van der Waals surface area contributed by atoms with Gasteiger partial charge in [0.1, 0.15) is 5.82 Å². The van der Waals surface area contributed by atoms with Crippen molar-refractivity contribution >= 4 is 11.2 Å². The van der Waals surface area contributed by atoms with E-state index in [2.05, 4.69) is 21.9 Å². The Morgan fingerprint density at radius 3 is 3.00 bits per heavy atom. The molecule has 1 aliphatic rings. The monoisotopic (exact) mass is 217 g/mol. The van der Waals surface area contributed by atoms with Gasteiger partial charge in [-0.2, -0.15) is 0 Å². The summed E-state index contributed by atoms with van der Waals surface area (Å²) in [6, 6.07) is 4.04. The molecule has 84 valence electrons. The van der Waals surface area contributed by atoms with Gasteiger partial charge in [-0.25, -0.2) is 9.97 Å². The maximum Gasteiger partial charge on any atom is 0.177 e. The fourth-order valence-corrected chi connectivity index (χ4v) is 2.27. The first-order valence-electron chi connectivity index (χ1n) is 5.69. The summed E-state index contributed by atoms with van der Waals surface area (Å²) in [6.45, 7) is 4.91. The minimum atomic E-state index is 0.252. The van der Waals surface area contributed by atoms with Gasteiger partial charge in [0.15, 0.2) is 5.65 Å². The van der Waals surface area contributed by atoms with Crippen LogP contribution >= 0.6 is 0 Å². The topological polar surface area (TPSA) is 50.8 Å². The van der Waals surface area contributed by atoms with Crippen LogP contribution in [0.2, 0.25) is 0 Å². The Kier molecular flexibility index (Phi) is 2.17. The average molecular weight is 217 g/mol. The molecule has 2 unspecified atom stereocenters. The molecule has 2 atom stereocenters. The van der Waals surface area contributed by atoms with Gasteiger partial charge in [-0.3, -0.25) is 0 Å². The quantitative estimate of drug-likeness (QED) is 0.796. The molecule has 1 saturated heterocycles. The van der Waals surface area contributed by atoms with Crippen LogP contribution in [0.5, 0.6) is 0 Å². The van der Waals surface area contributed by atoms with Gasteiger partial charge in [0, 0.05) is 18.2 Å². The maximum atomic E-state index is 5.56. The molecule has 4 nitrogen and oxygen atoms in total. The Balaban J connectivity index is 2.04. The zero-order valence-corrected chi connectivity index (χ0v) is 9.53. The third-order valence-corrected chi connectivity index (χ3v) is 3.23. The van der Waals surface area contributed by atoms with E-state index in [0.717, 1.165) is 35.7 Å². The molecule has 0 bridgehead atoms. The number of hydrogen-bond donors (Lipinski definition) is 1. The highest BCUT2D eigenvalue weighted by Crippen LogP contribution is 2.30. The molecule has 0 aromatic carbocycles. The van der Waals surface area contributed by atoms with Gasteiger partial charge in [0.25, 0.3) is 0 Å². The predicted octanol–water partition coefficient (Wildman–Crippen LogP) is 2.16. The molecule has 0 aliphatic carbocycles. The van der Waals surface area contributed by atoms with Crippen LogP contribution in [0.1, 0.15) is 30.8 Å². The molecule has 0 amide bonds. The summed E-state index contributed by atoms with van der Waals surface area (Å²) < 4.78 is 5.56. The van der Waals surface area contributed by atoms with Crippen molar-refractivity contribution in [3.05, 3.63) is 23.7 Å². The van der Waals surface area contributed by atoms with E-state index in [1.54, 1.807) is 0 Å². The molecule has 0 spiro atoms. The summed E-state index contributed by atoms with van der Waals surface area (Å²) in [5.74, 6) is 1.40. The zero-order chi connectivity index (χ0) is 11.1. The van der Waals surface area contributed by atoms with E-state index in [4.69, 9.17) is 4.74 Å². The SMILES string of the molecule is Cc1ccc2[nH]c(C3CCOC3C)nc2n1. The van der Waals surface area contributed by atoms with Gasteiger partial charge in [-0.1, -0.05) is 0 Å². The Hall–Kier alpha value is -1.42. The Labute approximate surface area is 94.1 Å². The molecule has 4 heteroatoms. The summed E-state index contributed by atoms with van der Waals surface area (Å²) in [6.07, 6.45) is 1.29. The van der Waals surface area contributed by atoms with Crippen molar-refractivity contribution in [1.82, 2.24) is 15.0 Å². The van der Waals surface area contributed by atoms with E-state index in [1.807, 2.05) is 19.1 Å². The van der Waals surface area contributed by atoms with E-state index in [0.29, 0.717) is 5.92 Å². The average Bonchev–Trinajstić information content (AvgIpc) is 2.82. The number of H-pyrrole nitrogens is 1. The van der Waals surface area contributed by atoms with Gasteiger partial charge in [0.2, 0.25) is 0 Å². The van der Waals surface area contributed by atoms with E-state index < -0.39 is 0 Å². The number of nitrogens with one attached hydrogen (secondary N) is 1. The Morgan fingerprint density at radius 1 is 1.38 bits per heavy atom. The highest BCUT2D eigenvalue weighted by atomic mass is 16.5. The standard InChI is InChI=1S/C12H15N3O/c1-7-3-4-10-12(13-7)15-11(14-10)9-5-6-16-8(9)2/h3-4,8-9H,5-6H2,1-2H3,(H,13,14,15). The Bertz CT molecular complexity index is 520. The van der Waals surface area contributed by atoms with Gasteiger partial charge in [-0.05, 0) is 32.4 Å². The molecule has 2 aromatic heterocycles. The largest absolute Gasteiger partial charge is 0.378 e. The van der Waals surface area contributed by atoms with Crippen molar-refractivity contribution in [2.75, 3.05) is 6.61 Å².